The lowest BCUT2D eigenvalue weighted by molar-refractivity contribution is -0.141. The topological polar surface area (TPSA) is 86.8 Å². The maximum Gasteiger partial charge on any atom is 0.247 e. The van der Waals surface area contributed by atoms with Crippen molar-refractivity contribution in [2.45, 2.75) is 44.7 Å². The Balaban J connectivity index is 1.88. The zero-order valence-electron chi connectivity index (χ0n) is 20.5. The van der Waals surface area contributed by atoms with E-state index >= 15 is 0 Å². The quantitative estimate of drug-likeness (QED) is 0.480. The Bertz CT molecular complexity index is 1120. The Morgan fingerprint density at radius 2 is 1.66 bits per heavy atom. The number of hydrogen-bond donors (Lipinski definition) is 1. The average Bonchev–Trinajstić information content (AvgIpc) is 2.85. The predicted octanol–water partition coefficient (Wildman–Crippen LogP) is 3.65. The summed E-state index contributed by atoms with van der Waals surface area (Å²) in [6.45, 7) is 0.315. The summed E-state index contributed by atoms with van der Waals surface area (Å²) in [5.41, 5.74) is 2.89. The minimum Gasteiger partial charge on any atom is -0.354 e. The van der Waals surface area contributed by atoms with Crippen LogP contribution in [-0.4, -0.2) is 55.8 Å². The molecular weight excluding hydrogens is 462 g/mol. The molecule has 3 rings (SSSR count). The van der Waals surface area contributed by atoms with Gasteiger partial charge in [-0.15, -0.1) is 0 Å². The van der Waals surface area contributed by atoms with E-state index in [1.807, 2.05) is 60.7 Å². The maximum absolute atomic E-state index is 13.5. The summed E-state index contributed by atoms with van der Waals surface area (Å²) in [6, 6.07) is 17.7. The minimum atomic E-state index is -3.56. The monoisotopic (exact) mass is 497 g/mol. The largest absolute Gasteiger partial charge is 0.354 e. The molecule has 0 heterocycles. The van der Waals surface area contributed by atoms with Crippen LogP contribution in [0.3, 0.4) is 0 Å². The van der Waals surface area contributed by atoms with Gasteiger partial charge in [-0.05, 0) is 43.2 Å². The second-order valence-electron chi connectivity index (χ2n) is 8.99. The van der Waals surface area contributed by atoms with Crippen molar-refractivity contribution >= 4 is 21.8 Å². The Morgan fingerprint density at radius 3 is 2.26 bits per heavy atom. The molecule has 0 aliphatic heterocycles. The van der Waals surface area contributed by atoms with Crippen molar-refractivity contribution in [3.63, 3.8) is 0 Å². The van der Waals surface area contributed by atoms with E-state index in [2.05, 4.69) is 11.4 Å². The van der Waals surface area contributed by atoms with Gasteiger partial charge in [-0.2, -0.15) is 4.31 Å². The molecule has 1 N–H and O–H groups in total. The zero-order chi connectivity index (χ0) is 25.3. The first-order valence-corrected chi connectivity index (χ1v) is 13.9. The Kier molecular flexibility index (Phi) is 9.63. The van der Waals surface area contributed by atoms with Crippen LogP contribution in [0.2, 0.25) is 0 Å². The molecule has 2 aromatic carbocycles. The Labute approximate surface area is 208 Å². The molecule has 2 aromatic rings. The van der Waals surface area contributed by atoms with Crippen LogP contribution in [0.25, 0.3) is 0 Å². The van der Waals surface area contributed by atoms with Gasteiger partial charge in [0.1, 0.15) is 6.04 Å². The van der Waals surface area contributed by atoms with Crippen molar-refractivity contribution in [1.82, 2.24) is 14.5 Å². The van der Waals surface area contributed by atoms with Gasteiger partial charge in [-0.1, -0.05) is 72.3 Å². The molecule has 0 fully saturated rings. The second-order valence-corrected chi connectivity index (χ2v) is 11.1. The molecule has 1 atom stereocenters. The second kappa shape index (κ2) is 12.7. The Morgan fingerprint density at radius 1 is 1.00 bits per heavy atom. The molecular formula is C27H35N3O4S. The van der Waals surface area contributed by atoms with Gasteiger partial charge in [0.2, 0.25) is 21.8 Å². The van der Waals surface area contributed by atoms with Gasteiger partial charge < -0.3 is 10.2 Å². The van der Waals surface area contributed by atoms with Gasteiger partial charge in [0.15, 0.2) is 0 Å². The number of allylic oxidation sites excluding steroid dienone is 1. The molecule has 35 heavy (non-hydrogen) atoms. The van der Waals surface area contributed by atoms with Gasteiger partial charge >= 0.3 is 0 Å². The third kappa shape index (κ3) is 8.04. The lowest BCUT2D eigenvalue weighted by Gasteiger charge is -2.32. The number of carbonyl (C=O) groups is 2. The molecule has 0 spiro atoms. The lowest BCUT2D eigenvalue weighted by Crippen LogP contribution is -2.47. The molecule has 8 heteroatoms. The van der Waals surface area contributed by atoms with Crippen molar-refractivity contribution in [2.75, 3.05) is 26.4 Å². The third-order valence-corrected chi connectivity index (χ3v) is 7.51. The predicted molar refractivity (Wildman–Crippen MR) is 138 cm³/mol. The number of nitrogens with one attached hydrogen (secondary N) is 1. The van der Waals surface area contributed by atoms with Gasteiger partial charge in [0.25, 0.3) is 0 Å². The fourth-order valence-electron chi connectivity index (χ4n) is 4.18. The molecule has 2 amide bonds. The summed E-state index contributed by atoms with van der Waals surface area (Å²) in [7, 11) is -2.20. The van der Waals surface area contributed by atoms with E-state index in [0.717, 1.165) is 35.4 Å². The van der Waals surface area contributed by atoms with Crippen LogP contribution in [0, 0.1) is 0 Å². The molecule has 0 aromatic heterocycles. The van der Waals surface area contributed by atoms with E-state index in [-0.39, 0.29) is 19.0 Å². The van der Waals surface area contributed by atoms with Gasteiger partial charge in [-0.25, -0.2) is 8.42 Å². The summed E-state index contributed by atoms with van der Waals surface area (Å²) >= 11 is 0. The summed E-state index contributed by atoms with van der Waals surface area (Å²) in [4.78, 5) is 28.5. The van der Waals surface area contributed by atoms with Crippen LogP contribution in [0.15, 0.2) is 72.3 Å². The van der Waals surface area contributed by atoms with Gasteiger partial charge in [0, 0.05) is 20.1 Å². The molecule has 0 unspecified atom stereocenters. The maximum atomic E-state index is 13.5. The van der Waals surface area contributed by atoms with Crippen LogP contribution in [0.4, 0.5) is 0 Å². The fourth-order valence-corrected chi connectivity index (χ4v) is 4.53. The van der Waals surface area contributed by atoms with Gasteiger partial charge in [-0.3, -0.25) is 9.59 Å². The number of rotatable bonds is 11. The average molecular weight is 498 g/mol. The van der Waals surface area contributed by atoms with E-state index in [1.165, 1.54) is 30.4 Å². The van der Waals surface area contributed by atoms with Crippen molar-refractivity contribution in [3.05, 3.63) is 83.4 Å². The fraction of sp³-hybridized carbons (Fsp3) is 0.407. The van der Waals surface area contributed by atoms with Crippen LogP contribution in [0.1, 0.15) is 49.3 Å². The minimum absolute atomic E-state index is 0.176. The van der Waals surface area contributed by atoms with Crippen LogP contribution in [0.5, 0.6) is 0 Å². The van der Waals surface area contributed by atoms with E-state index in [0.29, 0.717) is 12.1 Å². The van der Waals surface area contributed by atoms with Crippen molar-refractivity contribution in [1.29, 1.82) is 0 Å². The molecule has 7 nitrogen and oxygen atoms in total. The normalized spacial score (nSPS) is 14.8. The number of amides is 2. The molecule has 0 saturated heterocycles. The number of likely N-dealkylation sites (N-methyl/N-ethyl adjacent to an activating group) is 1. The van der Waals surface area contributed by atoms with Crippen LogP contribution >= 0.6 is 0 Å². The first kappa shape index (κ1) is 26.6. The summed E-state index contributed by atoms with van der Waals surface area (Å²) in [5.74, 6) is -0.723. The molecule has 1 aliphatic rings. The number of nitrogens with zero attached hydrogens (tertiary/aromatic N) is 2. The van der Waals surface area contributed by atoms with Crippen molar-refractivity contribution < 1.29 is 18.0 Å². The lowest BCUT2D eigenvalue weighted by atomic mass is 9.97. The number of sulfonamides is 1. The van der Waals surface area contributed by atoms with E-state index in [4.69, 9.17) is 0 Å². The molecule has 1 aliphatic carbocycles. The standard InChI is InChI=1S/C27H35N3O4S/c1-29(35(2,33)34)21-25(31)30(20-23-14-8-4-9-15-23)26(24-16-10-5-11-17-24)27(32)28-19-18-22-12-6-3-7-13-22/h4-5,8-12,14-17,26H,3,6-7,13,18-21H2,1-2H3,(H,28,32)/t26-/m0/s1. The molecule has 0 radical (unpaired) electrons. The summed E-state index contributed by atoms with van der Waals surface area (Å²) < 4.78 is 25.0. The highest BCUT2D eigenvalue weighted by Crippen LogP contribution is 2.25. The van der Waals surface area contributed by atoms with Crippen LogP contribution < -0.4 is 5.32 Å². The van der Waals surface area contributed by atoms with Gasteiger partial charge in [0.05, 0.1) is 12.8 Å². The first-order valence-electron chi connectivity index (χ1n) is 12.0. The zero-order valence-corrected chi connectivity index (χ0v) is 21.3. The highest BCUT2D eigenvalue weighted by atomic mass is 32.2. The first-order chi connectivity index (χ1) is 16.8. The molecule has 0 bridgehead atoms. The third-order valence-electron chi connectivity index (χ3n) is 6.25. The number of benzene rings is 2. The van der Waals surface area contributed by atoms with E-state index in [1.54, 1.807) is 0 Å². The van der Waals surface area contributed by atoms with Crippen LogP contribution in [-0.2, 0) is 26.2 Å². The SMILES string of the molecule is CN(CC(=O)N(Cc1ccccc1)[C@H](C(=O)NCCC1=CCCCC1)c1ccccc1)S(C)(=O)=O. The van der Waals surface area contributed by atoms with E-state index in [9.17, 15) is 18.0 Å². The summed E-state index contributed by atoms with van der Waals surface area (Å²) in [5, 5.41) is 3.03. The molecule has 0 saturated carbocycles. The number of carbonyl (C=O) groups excluding carboxylic acids is 2. The highest BCUT2D eigenvalue weighted by Gasteiger charge is 2.32. The smallest absolute Gasteiger partial charge is 0.247 e. The molecule has 188 valence electrons. The number of hydrogen-bond acceptors (Lipinski definition) is 4. The Hall–Kier alpha value is -2.97. The highest BCUT2D eigenvalue weighted by molar-refractivity contribution is 7.88. The summed E-state index contributed by atoms with van der Waals surface area (Å²) in [6.07, 6.45) is 8.65. The van der Waals surface area contributed by atoms with Crippen molar-refractivity contribution in [3.8, 4) is 0 Å². The van der Waals surface area contributed by atoms with E-state index < -0.39 is 22.0 Å². The van der Waals surface area contributed by atoms with Crippen molar-refractivity contribution in [2.24, 2.45) is 0 Å².